The zero-order valence-corrected chi connectivity index (χ0v) is 19.1. The molecule has 0 radical (unpaired) electrons. The number of carbonyl (C=O) groups is 2. The molecular weight excluding hydrogens is 492 g/mol. The zero-order valence-electron chi connectivity index (χ0n) is 16.8. The Kier molecular flexibility index (Phi) is 8.97. The van der Waals surface area contributed by atoms with Gasteiger partial charge < -0.3 is 19.9 Å². The summed E-state index contributed by atoms with van der Waals surface area (Å²) in [5.41, 5.74) is -0.839. The number of hydrogen-bond donors (Lipinski definition) is 3. The largest absolute Gasteiger partial charge is 0.489 e. The van der Waals surface area contributed by atoms with Crippen LogP contribution in [0.25, 0.3) is 0 Å². The molecule has 174 valence electrons. The summed E-state index contributed by atoms with van der Waals surface area (Å²) in [7, 11) is -1.80. The molecule has 0 aliphatic heterocycles. The Morgan fingerprint density at radius 3 is 2.47 bits per heavy atom. The molecule has 32 heavy (non-hydrogen) atoms. The molecule has 2 aromatic rings. The van der Waals surface area contributed by atoms with Crippen molar-refractivity contribution >= 4 is 62.5 Å². The van der Waals surface area contributed by atoms with E-state index in [1.54, 1.807) is 13.8 Å². The molecule has 0 aliphatic rings. The minimum atomic E-state index is -4.56. The van der Waals surface area contributed by atoms with Gasteiger partial charge >= 0.3 is 6.18 Å². The molecule has 3 N–H and O–H groups in total. The van der Waals surface area contributed by atoms with Gasteiger partial charge in [0.15, 0.2) is 0 Å². The fraction of sp³-hybridized carbons (Fsp3) is 0.250. The first-order chi connectivity index (χ1) is 14.8. The van der Waals surface area contributed by atoms with E-state index in [-0.39, 0.29) is 27.5 Å². The number of ether oxygens (including phenoxy) is 1. The summed E-state index contributed by atoms with van der Waals surface area (Å²) in [6, 6.07) is 6.85. The van der Waals surface area contributed by atoms with Gasteiger partial charge in [-0.25, -0.2) is 0 Å². The Bertz CT molecular complexity index is 1050. The average molecular weight is 511 g/mol. The van der Waals surface area contributed by atoms with E-state index in [2.05, 4.69) is 10.6 Å². The van der Waals surface area contributed by atoms with Crippen molar-refractivity contribution in [1.82, 2.24) is 0 Å². The summed E-state index contributed by atoms with van der Waals surface area (Å²) in [5.74, 6) is -1.69. The Morgan fingerprint density at radius 2 is 1.84 bits per heavy atom. The molecule has 12 heteroatoms. The van der Waals surface area contributed by atoms with Crippen LogP contribution in [0.15, 0.2) is 36.4 Å². The number of rotatable bonds is 7. The highest BCUT2D eigenvalue weighted by Gasteiger charge is 2.30. The van der Waals surface area contributed by atoms with Crippen LogP contribution in [0.5, 0.6) is 5.75 Å². The predicted octanol–water partition coefficient (Wildman–Crippen LogP) is 5.92. The third-order valence-corrected chi connectivity index (χ3v) is 5.29. The molecular formula is C20H19Cl2F3N2O4S. The highest BCUT2D eigenvalue weighted by atomic mass is 35.5. The van der Waals surface area contributed by atoms with Gasteiger partial charge in [-0.3, -0.25) is 9.59 Å². The first-order valence-electron chi connectivity index (χ1n) is 9.02. The Hall–Kier alpha value is -2.27. The third-order valence-electron chi connectivity index (χ3n) is 3.64. The minimum absolute atomic E-state index is 0.104. The topological polar surface area (TPSA) is 87.7 Å². The van der Waals surface area contributed by atoms with Crippen molar-refractivity contribution in [1.29, 1.82) is 0 Å². The van der Waals surface area contributed by atoms with Gasteiger partial charge in [-0.05, 0) is 48.9 Å². The fourth-order valence-electron chi connectivity index (χ4n) is 2.40. The number of anilines is 2. The standard InChI is InChI=1S/C20H19Cl2F3N2O4S/c1-11(2)31-17-8-16(14(21)7-15(17)22)27-19(29)10-32(30)9-18(28)26-13-5-3-4-12(6-13)20(23,24)25/h3-9,11,30H,10H2,1-2H3,(H,26,28)(H,27,29). The molecule has 6 nitrogen and oxygen atoms in total. The number of alkyl halides is 3. The summed E-state index contributed by atoms with van der Waals surface area (Å²) in [4.78, 5) is 24.2. The monoisotopic (exact) mass is 510 g/mol. The van der Waals surface area contributed by atoms with Crippen molar-refractivity contribution in [3.05, 3.63) is 52.0 Å². The molecule has 0 spiro atoms. The van der Waals surface area contributed by atoms with Gasteiger partial charge in [-0.2, -0.15) is 13.2 Å². The van der Waals surface area contributed by atoms with E-state index in [1.807, 2.05) is 0 Å². The molecule has 0 saturated carbocycles. The minimum Gasteiger partial charge on any atom is -0.489 e. The Labute approximate surface area is 194 Å². The van der Waals surface area contributed by atoms with Crippen LogP contribution in [-0.4, -0.2) is 33.6 Å². The van der Waals surface area contributed by atoms with Crippen molar-refractivity contribution < 1.29 is 32.0 Å². The number of amides is 2. The van der Waals surface area contributed by atoms with E-state index in [0.29, 0.717) is 5.75 Å². The predicted molar refractivity (Wildman–Crippen MR) is 122 cm³/mol. The molecule has 0 aromatic heterocycles. The lowest BCUT2D eigenvalue weighted by Gasteiger charge is -2.14. The molecule has 2 rings (SSSR count). The van der Waals surface area contributed by atoms with Gasteiger partial charge in [-0.1, -0.05) is 29.3 Å². The van der Waals surface area contributed by atoms with E-state index in [9.17, 15) is 27.3 Å². The summed E-state index contributed by atoms with van der Waals surface area (Å²) < 4.78 is 53.8. The smallest absolute Gasteiger partial charge is 0.416 e. The van der Waals surface area contributed by atoms with Gasteiger partial charge in [0, 0.05) is 11.8 Å². The van der Waals surface area contributed by atoms with Gasteiger partial charge in [0.05, 0.1) is 38.5 Å². The summed E-state index contributed by atoms with van der Waals surface area (Å²) >= 11 is 12.1. The van der Waals surface area contributed by atoms with Gasteiger partial charge in [-0.15, -0.1) is 0 Å². The normalized spacial score (nSPS) is 12.5. The molecule has 0 heterocycles. The van der Waals surface area contributed by atoms with Crippen molar-refractivity contribution in [2.24, 2.45) is 0 Å². The van der Waals surface area contributed by atoms with E-state index in [1.165, 1.54) is 18.2 Å². The van der Waals surface area contributed by atoms with Crippen LogP contribution in [0.3, 0.4) is 0 Å². The molecule has 0 fully saturated rings. The number of halogens is 5. The lowest BCUT2D eigenvalue weighted by atomic mass is 10.2. The first-order valence-corrected chi connectivity index (χ1v) is 11.2. The molecule has 0 bridgehead atoms. The van der Waals surface area contributed by atoms with E-state index < -0.39 is 40.1 Å². The third kappa shape index (κ3) is 8.01. The fourth-order valence-corrected chi connectivity index (χ4v) is 3.61. The molecule has 0 saturated heterocycles. The second-order valence-corrected chi connectivity index (χ2v) is 8.85. The molecule has 2 amide bonds. The SMILES string of the molecule is CC(C)Oc1cc(NC(=O)CS(O)=CC(=O)Nc2cccc(C(F)(F)F)c2)c(Cl)cc1Cl. The average Bonchev–Trinajstić information content (AvgIpc) is 2.64. The lowest BCUT2D eigenvalue weighted by Crippen LogP contribution is -2.18. The van der Waals surface area contributed by atoms with Crippen molar-refractivity contribution in [2.45, 2.75) is 26.1 Å². The van der Waals surface area contributed by atoms with Crippen LogP contribution in [-0.2, 0) is 15.8 Å². The second kappa shape index (κ2) is 11.0. The van der Waals surface area contributed by atoms with Crippen LogP contribution in [0.1, 0.15) is 19.4 Å². The molecule has 1 atom stereocenters. The van der Waals surface area contributed by atoms with Gasteiger partial charge in [0.1, 0.15) is 5.75 Å². The van der Waals surface area contributed by atoms with E-state index in [4.69, 9.17) is 27.9 Å². The highest BCUT2D eigenvalue weighted by Crippen LogP contribution is 2.35. The maximum absolute atomic E-state index is 12.7. The summed E-state index contributed by atoms with van der Waals surface area (Å²) in [5, 5.41) is 5.90. The molecule has 1 unspecified atom stereocenters. The lowest BCUT2D eigenvalue weighted by molar-refractivity contribution is -0.137. The summed E-state index contributed by atoms with van der Waals surface area (Å²) in [6.45, 7) is 3.59. The van der Waals surface area contributed by atoms with E-state index in [0.717, 1.165) is 23.6 Å². The van der Waals surface area contributed by atoms with Crippen LogP contribution in [0.4, 0.5) is 24.5 Å². The maximum atomic E-state index is 12.7. The van der Waals surface area contributed by atoms with Gasteiger partial charge in [0.25, 0.3) is 5.91 Å². The van der Waals surface area contributed by atoms with Crippen molar-refractivity contribution in [3.63, 3.8) is 0 Å². The molecule has 0 aliphatic carbocycles. The van der Waals surface area contributed by atoms with Gasteiger partial charge in [0.2, 0.25) is 5.91 Å². The van der Waals surface area contributed by atoms with E-state index >= 15 is 0 Å². The van der Waals surface area contributed by atoms with Crippen LogP contribution >= 0.6 is 34.0 Å². The zero-order chi connectivity index (χ0) is 24.1. The van der Waals surface area contributed by atoms with Crippen LogP contribution in [0.2, 0.25) is 10.0 Å². The number of carbonyl (C=O) groups excluding carboxylic acids is 2. The summed E-state index contributed by atoms with van der Waals surface area (Å²) in [6.07, 6.45) is -4.74. The number of nitrogens with one attached hydrogen (secondary N) is 2. The number of benzene rings is 2. The Balaban J connectivity index is 2.02. The second-order valence-electron chi connectivity index (χ2n) is 6.71. The maximum Gasteiger partial charge on any atom is 0.416 e. The quantitative estimate of drug-likeness (QED) is 0.403. The molecule has 2 aromatic carbocycles. The number of hydrogen-bond acceptors (Lipinski definition) is 4. The van der Waals surface area contributed by atoms with Crippen LogP contribution in [0, 0.1) is 0 Å². The van der Waals surface area contributed by atoms with Crippen molar-refractivity contribution in [3.8, 4) is 5.75 Å². The van der Waals surface area contributed by atoms with Crippen LogP contribution < -0.4 is 15.4 Å². The first kappa shape index (κ1) is 26.0. The van der Waals surface area contributed by atoms with Crippen molar-refractivity contribution in [2.75, 3.05) is 16.4 Å². The highest BCUT2D eigenvalue weighted by molar-refractivity contribution is 8.11. The Morgan fingerprint density at radius 1 is 1.16 bits per heavy atom.